The van der Waals surface area contributed by atoms with Crippen molar-refractivity contribution >= 4 is 52.1 Å². The van der Waals surface area contributed by atoms with E-state index in [2.05, 4.69) is 20.6 Å². The second kappa shape index (κ2) is 8.63. The molecule has 9 nitrogen and oxygen atoms in total. The summed E-state index contributed by atoms with van der Waals surface area (Å²) in [6.07, 6.45) is 2.84. The van der Waals surface area contributed by atoms with Gasteiger partial charge in [-0.1, -0.05) is 23.2 Å². The average molecular weight is 432 g/mol. The third kappa shape index (κ3) is 4.65. The molecule has 29 heavy (non-hydrogen) atoms. The fourth-order valence-electron chi connectivity index (χ4n) is 2.37. The molecule has 0 bridgehead atoms. The van der Waals surface area contributed by atoms with Crippen molar-refractivity contribution in [1.82, 2.24) is 9.97 Å². The number of halogens is 2. The molecule has 0 aliphatic carbocycles. The summed E-state index contributed by atoms with van der Waals surface area (Å²) in [4.78, 5) is 43.1. The molecule has 2 heterocycles. The van der Waals surface area contributed by atoms with Crippen LogP contribution in [-0.4, -0.2) is 26.7 Å². The molecular formula is C18H11Cl2N5O4. The maximum atomic E-state index is 12.4. The molecule has 0 fully saturated rings. The number of carbonyl (C=O) groups excluding carboxylic acids is 2. The van der Waals surface area contributed by atoms with Gasteiger partial charge in [-0.05, 0) is 36.4 Å². The zero-order chi connectivity index (χ0) is 21.0. The predicted octanol–water partition coefficient (Wildman–Crippen LogP) is 4.20. The van der Waals surface area contributed by atoms with Gasteiger partial charge in [0.05, 0.1) is 16.1 Å². The Hall–Kier alpha value is -3.56. The second-order valence-electron chi connectivity index (χ2n) is 5.58. The first kappa shape index (κ1) is 20.2. The molecule has 0 saturated heterocycles. The van der Waals surface area contributed by atoms with Crippen molar-refractivity contribution in [1.29, 1.82) is 0 Å². The average Bonchev–Trinajstić information content (AvgIpc) is 2.68. The number of nitrogens with zero attached hydrogens (tertiary/aromatic N) is 3. The monoisotopic (exact) mass is 431 g/mol. The Bertz CT molecular complexity index is 1120. The molecule has 0 aliphatic rings. The van der Waals surface area contributed by atoms with E-state index in [9.17, 15) is 19.7 Å². The van der Waals surface area contributed by atoms with Crippen LogP contribution in [0.3, 0.4) is 0 Å². The van der Waals surface area contributed by atoms with Crippen LogP contribution in [0, 0.1) is 10.1 Å². The van der Waals surface area contributed by atoms with Crippen LogP contribution in [0.2, 0.25) is 10.3 Å². The van der Waals surface area contributed by atoms with E-state index in [4.69, 9.17) is 23.2 Å². The smallest absolute Gasteiger partial charge is 0.292 e. The molecule has 2 N–H and O–H groups in total. The third-order valence-electron chi connectivity index (χ3n) is 3.71. The normalized spacial score (nSPS) is 10.3. The van der Waals surface area contributed by atoms with Gasteiger partial charge >= 0.3 is 0 Å². The van der Waals surface area contributed by atoms with E-state index in [-0.39, 0.29) is 38.5 Å². The van der Waals surface area contributed by atoms with Gasteiger partial charge in [0.15, 0.2) is 0 Å². The number of rotatable bonds is 5. The number of aromatic nitrogens is 2. The number of nitro benzene ring substituents is 1. The van der Waals surface area contributed by atoms with Gasteiger partial charge in [-0.3, -0.25) is 19.7 Å². The summed E-state index contributed by atoms with van der Waals surface area (Å²) < 4.78 is 0. The molecule has 0 atom stereocenters. The van der Waals surface area contributed by atoms with E-state index in [1.54, 1.807) is 6.07 Å². The van der Waals surface area contributed by atoms with E-state index < -0.39 is 16.7 Å². The number of nitrogens with one attached hydrogen (secondary N) is 2. The zero-order valence-corrected chi connectivity index (χ0v) is 15.9. The lowest BCUT2D eigenvalue weighted by Gasteiger charge is -2.10. The third-order valence-corrected chi connectivity index (χ3v) is 4.31. The summed E-state index contributed by atoms with van der Waals surface area (Å²) in [5.74, 6) is -1.26. The molecule has 0 aliphatic heterocycles. The summed E-state index contributed by atoms with van der Waals surface area (Å²) in [7, 11) is 0. The predicted molar refractivity (Wildman–Crippen MR) is 107 cm³/mol. The number of carbonyl (C=O) groups is 2. The number of hydrogen-bond acceptors (Lipinski definition) is 6. The standard InChI is InChI=1S/C18H11Cl2N5O4/c19-15-11(3-1-7-21-15)17(26)23-10-5-6-14(25(28)29)13(9-10)24-18(27)12-4-2-8-22-16(12)20/h1-9H,(H,23,26)(H,24,27). The van der Waals surface area contributed by atoms with Gasteiger partial charge < -0.3 is 10.6 Å². The number of amides is 2. The van der Waals surface area contributed by atoms with Crippen molar-refractivity contribution in [2.24, 2.45) is 0 Å². The number of nitro groups is 1. The second-order valence-corrected chi connectivity index (χ2v) is 6.30. The number of pyridine rings is 2. The highest BCUT2D eigenvalue weighted by Crippen LogP contribution is 2.29. The van der Waals surface area contributed by atoms with Gasteiger partial charge in [-0.2, -0.15) is 0 Å². The maximum absolute atomic E-state index is 12.4. The van der Waals surface area contributed by atoms with Gasteiger partial charge in [-0.15, -0.1) is 0 Å². The molecule has 11 heteroatoms. The first-order valence-electron chi connectivity index (χ1n) is 7.99. The highest BCUT2D eigenvalue weighted by atomic mass is 35.5. The molecule has 3 aromatic rings. The molecule has 2 amide bonds. The first-order chi connectivity index (χ1) is 13.9. The summed E-state index contributed by atoms with van der Waals surface area (Å²) in [5.41, 5.74) is -0.126. The van der Waals surface area contributed by atoms with Crippen LogP contribution in [-0.2, 0) is 0 Å². The summed E-state index contributed by atoms with van der Waals surface area (Å²) in [5, 5.41) is 16.2. The van der Waals surface area contributed by atoms with Gasteiger partial charge in [-0.25, -0.2) is 9.97 Å². The lowest BCUT2D eigenvalue weighted by atomic mass is 10.2. The quantitative estimate of drug-likeness (QED) is 0.354. The number of anilines is 2. The summed E-state index contributed by atoms with van der Waals surface area (Å²) >= 11 is 11.8. The highest BCUT2D eigenvalue weighted by Gasteiger charge is 2.20. The van der Waals surface area contributed by atoms with Crippen LogP contribution in [0.1, 0.15) is 20.7 Å². The number of benzene rings is 1. The number of hydrogen-bond donors (Lipinski definition) is 2. The van der Waals surface area contributed by atoms with Crippen molar-refractivity contribution in [2.45, 2.75) is 0 Å². The first-order valence-corrected chi connectivity index (χ1v) is 8.74. The summed E-state index contributed by atoms with van der Waals surface area (Å²) in [6.45, 7) is 0. The Morgan fingerprint density at radius 2 is 1.45 bits per heavy atom. The van der Waals surface area contributed by atoms with Crippen LogP contribution in [0.5, 0.6) is 0 Å². The van der Waals surface area contributed by atoms with E-state index in [1.165, 1.54) is 42.7 Å². The van der Waals surface area contributed by atoms with E-state index in [0.29, 0.717) is 0 Å². The SMILES string of the molecule is O=C(Nc1ccc([N+](=O)[O-])c(NC(=O)c2cccnc2Cl)c1)c1cccnc1Cl. The van der Waals surface area contributed by atoms with Gasteiger partial charge in [0.1, 0.15) is 16.0 Å². The van der Waals surface area contributed by atoms with Crippen molar-refractivity contribution in [3.05, 3.63) is 86.4 Å². The Labute approximate surface area is 173 Å². The Balaban J connectivity index is 1.89. The van der Waals surface area contributed by atoms with Crippen LogP contribution in [0.4, 0.5) is 17.1 Å². The fourth-order valence-corrected chi connectivity index (χ4v) is 2.78. The van der Waals surface area contributed by atoms with Crippen molar-refractivity contribution in [2.75, 3.05) is 10.6 Å². The Morgan fingerprint density at radius 3 is 1.97 bits per heavy atom. The maximum Gasteiger partial charge on any atom is 0.292 e. The largest absolute Gasteiger partial charge is 0.322 e. The highest BCUT2D eigenvalue weighted by molar-refractivity contribution is 6.33. The van der Waals surface area contributed by atoms with Gasteiger partial charge in [0.25, 0.3) is 17.5 Å². The lowest BCUT2D eigenvalue weighted by molar-refractivity contribution is -0.383. The summed E-state index contributed by atoms with van der Waals surface area (Å²) in [6, 6.07) is 9.68. The lowest BCUT2D eigenvalue weighted by Crippen LogP contribution is -2.16. The van der Waals surface area contributed by atoms with Crippen molar-refractivity contribution < 1.29 is 14.5 Å². The van der Waals surface area contributed by atoms with E-state index in [1.807, 2.05) is 0 Å². The molecule has 0 radical (unpaired) electrons. The molecule has 0 spiro atoms. The van der Waals surface area contributed by atoms with Crippen molar-refractivity contribution in [3.63, 3.8) is 0 Å². The van der Waals surface area contributed by atoms with Crippen LogP contribution in [0.25, 0.3) is 0 Å². The van der Waals surface area contributed by atoms with Crippen LogP contribution in [0.15, 0.2) is 54.9 Å². The van der Waals surface area contributed by atoms with E-state index in [0.717, 1.165) is 6.07 Å². The topological polar surface area (TPSA) is 127 Å². The van der Waals surface area contributed by atoms with Crippen LogP contribution < -0.4 is 10.6 Å². The molecular weight excluding hydrogens is 421 g/mol. The van der Waals surface area contributed by atoms with Crippen LogP contribution >= 0.6 is 23.2 Å². The minimum atomic E-state index is -0.690. The van der Waals surface area contributed by atoms with E-state index >= 15 is 0 Å². The zero-order valence-electron chi connectivity index (χ0n) is 14.4. The minimum Gasteiger partial charge on any atom is -0.322 e. The fraction of sp³-hybridized carbons (Fsp3) is 0. The van der Waals surface area contributed by atoms with Crippen molar-refractivity contribution in [3.8, 4) is 0 Å². The van der Waals surface area contributed by atoms with Gasteiger partial charge in [0, 0.05) is 24.1 Å². The molecule has 1 aromatic carbocycles. The molecule has 0 saturated carbocycles. The van der Waals surface area contributed by atoms with Gasteiger partial charge in [0.2, 0.25) is 0 Å². The minimum absolute atomic E-state index is 0.00616. The molecule has 0 unspecified atom stereocenters. The Morgan fingerprint density at radius 1 is 0.897 bits per heavy atom. The molecule has 146 valence electrons. The molecule has 3 rings (SSSR count). The molecule has 2 aromatic heterocycles. The Kier molecular flexibility index (Phi) is 6.01.